The van der Waals surface area contributed by atoms with Gasteiger partial charge >= 0.3 is 5.51 Å². The molecule has 2 fully saturated rings. The van der Waals surface area contributed by atoms with Crippen molar-refractivity contribution in [2.75, 3.05) is 13.1 Å². The Balaban J connectivity index is 1.63. The van der Waals surface area contributed by atoms with Gasteiger partial charge in [0.1, 0.15) is 5.78 Å². The highest BCUT2D eigenvalue weighted by atomic mass is 32.2. The van der Waals surface area contributed by atoms with Crippen molar-refractivity contribution in [2.45, 2.75) is 64.0 Å². The number of piperidine rings is 1. The number of hydrogen-bond acceptors (Lipinski definition) is 4. The van der Waals surface area contributed by atoms with E-state index in [1.165, 1.54) is 4.31 Å². The Morgan fingerprint density at radius 1 is 1.14 bits per heavy atom. The number of rotatable bonds is 4. The molecule has 1 saturated carbocycles. The summed E-state index contributed by atoms with van der Waals surface area (Å²) >= 11 is -0.0448. The van der Waals surface area contributed by atoms with Crippen LogP contribution < -0.4 is 0 Å². The van der Waals surface area contributed by atoms with Crippen molar-refractivity contribution in [3.05, 3.63) is 34.4 Å². The molecule has 3 unspecified atom stereocenters. The average molecular weight is 416 g/mol. The van der Waals surface area contributed by atoms with Gasteiger partial charge in [0, 0.05) is 31.5 Å². The summed E-state index contributed by atoms with van der Waals surface area (Å²) in [6.45, 7) is 6.77. The fourth-order valence-electron chi connectivity index (χ4n) is 5.02. The van der Waals surface area contributed by atoms with E-state index in [1.807, 2.05) is 32.9 Å². The highest BCUT2D eigenvalue weighted by Gasteiger charge is 2.44. The zero-order chi connectivity index (χ0) is 20.6. The van der Waals surface area contributed by atoms with Gasteiger partial charge in [-0.15, -0.1) is 0 Å². The number of aryl methyl sites for hydroxylation is 3. The first kappa shape index (κ1) is 21.7. The van der Waals surface area contributed by atoms with Crippen molar-refractivity contribution in [1.82, 2.24) is 4.31 Å². The molecule has 28 heavy (non-hydrogen) atoms. The van der Waals surface area contributed by atoms with Crippen molar-refractivity contribution in [2.24, 2.45) is 11.8 Å². The highest BCUT2D eigenvalue weighted by molar-refractivity contribution is 7.97. The Bertz CT molecular complexity index is 706. The zero-order valence-electron chi connectivity index (χ0n) is 16.6. The molecule has 1 aromatic carbocycles. The lowest BCUT2D eigenvalue weighted by Gasteiger charge is -2.33. The minimum absolute atomic E-state index is 0.0448. The first-order valence-electron chi connectivity index (χ1n) is 9.84. The Labute approximate surface area is 168 Å². The number of hydrogen-bond donors (Lipinski definition) is 1. The molecule has 3 nitrogen and oxygen atoms in total. The van der Waals surface area contributed by atoms with Gasteiger partial charge < -0.3 is 5.11 Å². The maximum atomic E-state index is 12.7. The number of ketones is 1. The lowest BCUT2D eigenvalue weighted by Crippen LogP contribution is -2.33. The van der Waals surface area contributed by atoms with E-state index >= 15 is 0 Å². The van der Waals surface area contributed by atoms with Crippen molar-refractivity contribution >= 4 is 17.7 Å². The smallest absolute Gasteiger partial charge is 0.392 e. The van der Waals surface area contributed by atoms with E-state index in [0.29, 0.717) is 38.8 Å². The number of aliphatic hydroxyl groups is 1. The largest absolute Gasteiger partial charge is 0.456 e. The summed E-state index contributed by atoms with van der Waals surface area (Å²) < 4.78 is 38.9. The highest BCUT2D eigenvalue weighted by Crippen LogP contribution is 2.43. The summed E-state index contributed by atoms with van der Waals surface area (Å²) in [5.74, 6) is -0.245. The molecule has 1 aliphatic heterocycles. The normalized spacial score (nSPS) is 27.5. The van der Waals surface area contributed by atoms with Crippen molar-refractivity contribution in [1.29, 1.82) is 0 Å². The lowest BCUT2D eigenvalue weighted by atomic mass is 9.82. The summed E-state index contributed by atoms with van der Waals surface area (Å²) in [6.07, 6.45) is 1.70. The fraction of sp³-hybridized carbons (Fsp3) is 0.667. The van der Waals surface area contributed by atoms with Crippen LogP contribution in [0.1, 0.15) is 53.9 Å². The SMILES string of the molecule is Cc1cc(C)c(C2C(=O)CC(CC3CCN(SC(F)(F)F)CC3)C2O)c(C)c1. The van der Waals surface area contributed by atoms with Gasteiger partial charge in [-0.1, -0.05) is 17.7 Å². The van der Waals surface area contributed by atoms with Crippen LogP contribution in [0.4, 0.5) is 13.2 Å². The number of halogens is 3. The van der Waals surface area contributed by atoms with Gasteiger partial charge in [0.15, 0.2) is 0 Å². The average Bonchev–Trinajstić information content (AvgIpc) is 2.82. The van der Waals surface area contributed by atoms with E-state index in [1.54, 1.807) is 0 Å². The lowest BCUT2D eigenvalue weighted by molar-refractivity contribution is -0.119. The van der Waals surface area contributed by atoms with Crippen molar-refractivity contribution in [3.63, 3.8) is 0 Å². The van der Waals surface area contributed by atoms with Crippen LogP contribution >= 0.6 is 11.9 Å². The van der Waals surface area contributed by atoms with Gasteiger partial charge in [0.25, 0.3) is 0 Å². The van der Waals surface area contributed by atoms with Crippen molar-refractivity contribution < 1.29 is 23.1 Å². The summed E-state index contributed by atoms with van der Waals surface area (Å²) in [7, 11) is 0. The maximum Gasteiger partial charge on any atom is 0.456 e. The molecule has 2 aliphatic rings. The van der Waals surface area contributed by atoms with E-state index in [-0.39, 0.29) is 29.6 Å². The Hall–Kier alpha value is -1.05. The number of carbonyl (C=O) groups excluding carboxylic acids is 1. The second kappa shape index (κ2) is 8.36. The minimum atomic E-state index is -4.24. The Morgan fingerprint density at radius 2 is 1.71 bits per heavy atom. The topological polar surface area (TPSA) is 40.5 Å². The van der Waals surface area contributed by atoms with Gasteiger partial charge in [0.05, 0.1) is 12.0 Å². The minimum Gasteiger partial charge on any atom is -0.392 e. The number of carbonyl (C=O) groups is 1. The zero-order valence-corrected chi connectivity index (χ0v) is 17.4. The van der Waals surface area contributed by atoms with Crippen LogP contribution in [-0.2, 0) is 4.79 Å². The van der Waals surface area contributed by atoms with Gasteiger partial charge in [-0.3, -0.25) is 4.79 Å². The molecule has 3 atom stereocenters. The maximum absolute atomic E-state index is 12.7. The Kier molecular flexibility index (Phi) is 6.47. The van der Waals surface area contributed by atoms with Crippen LogP contribution in [0.5, 0.6) is 0 Å². The summed E-state index contributed by atoms with van der Waals surface area (Å²) in [6, 6.07) is 4.09. The molecule has 0 amide bonds. The predicted octanol–water partition coefficient (Wildman–Crippen LogP) is 4.92. The molecule has 7 heteroatoms. The van der Waals surface area contributed by atoms with E-state index < -0.39 is 17.5 Å². The standard InChI is InChI=1S/C21H28F3NO2S/c1-12-8-13(2)18(14(3)9-12)19-17(26)11-16(20(19)27)10-15-4-6-25(7-5-15)28-21(22,23)24/h8-9,15-16,19-20,27H,4-7,10-11H2,1-3H3. The molecule has 0 spiro atoms. The number of aliphatic hydroxyl groups excluding tert-OH is 1. The molecule has 1 heterocycles. The van der Waals surface area contributed by atoms with Gasteiger partial charge in [-0.2, -0.15) is 13.2 Å². The summed E-state index contributed by atoms with van der Waals surface area (Å²) in [5, 5.41) is 10.9. The number of nitrogens with zero attached hydrogens (tertiary/aromatic N) is 1. The molecular formula is C21H28F3NO2S. The van der Waals surface area contributed by atoms with Crippen LogP contribution in [0.25, 0.3) is 0 Å². The van der Waals surface area contributed by atoms with Crippen LogP contribution in [0.15, 0.2) is 12.1 Å². The molecule has 1 aliphatic carbocycles. The second-order valence-corrected chi connectivity index (χ2v) is 9.52. The summed E-state index contributed by atoms with van der Waals surface area (Å²) in [4.78, 5) is 12.7. The summed E-state index contributed by atoms with van der Waals surface area (Å²) in [5.41, 5.74) is -0.0838. The quantitative estimate of drug-likeness (QED) is 0.709. The molecule has 1 N–H and O–H groups in total. The van der Waals surface area contributed by atoms with E-state index in [4.69, 9.17) is 0 Å². The van der Waals surface area contributed by atoms with Crippen LogP contribution in [0.2, 0.25) is 0 Å². The first-order valence-corrected chi connectivity index (χ1v) is 10.6. The third-order valence-electron chi connectivity index (χ3n) is 6.13. The van der Waals surface area contributed by atoms with E-state index in [9.17, 15) is 23.1 Å². The molecule has 1 aromatic rings. The molecule has 156 valence electrons. The molecule has 1 saturated heterocycles. The third-order valence-corrected chi connectivity index (χ3v) is 6.96. The number of benzene rings is 1. The molecule has 0 radical (unpaired) electrons. The van der Waals surface area contributed by atoms with E-state index in [2.05, 4.69) is 0 Å². The van der Waals surface area contributed by atoms with Crippen molar-refractivity contribution in [3.8, 4) is 0 Å². The number of Topliss-reactive ketones (excluding diaryl/α,β-unsaturated/α-hetero) is 1. The fourth-order valence-corrected chi connectivity index (χ4v) is 5.70. The third kappa shape index (κ3) is 4.92. The van der Waals surface area contributed by atoms with Gasteiger partial charge in [-0.05, 0) is 68.6 Å². The molecule has 0 bridgehead atoms. The number of alkyl halides is 3. The van der Waals surface area contributed by atoms with Crippen LogP contribution in [0, 0.1) is 32.6 Å². The Morgan fingerprint density at radius 3 is 2.25 bits per heavy atom. The van der Waals surface area contributed by atoms with Crippen LogP contribution in [-0.4, -0.2) is 39.9 Å². The van der Waals surface area contributed by atoms with Gasteiger partial charge in [-0.25, -0.2) is 4.31 Å². The predicted molar refractivity (Wildman–Crippen MR) is 105 cm³/mol. The molecule has 0 aromatic heterocycles. The van der Waals surface area contributed by atoms with E-state index in [0.717, 1.165) is 22.3 Å². The molecular weight excluding hydrogens is 387 g/mol. The monoisotopic (exact) mass is 415 g/mol. The first-order chi connectivity index (χ1) is 13.0. The van der Waals surface area contributed by atoms with Crippen LogP contribution in [0.3, 0.4) is 0 Å². The molecule has 3 rings (SSSR count). The second-order valence-electron chi connectivity index (χ2n) is 8.36. The van der Waals surface area contributed by atoms with Gasteiger partial charge in [0.2, 0.25) is 0 Å².